The fourth-order valence-corrected chi connectivity index (χ4v) is 4.66. The summed E-state index contributed by atoms with van der Waals surface area (Å²) >= 11 is 0. The van der Waals surface area contributed by atoms with Crippen molar-refractivity contribution in [1.82, 2.24) is 0 Å². The normalized spacial score (nSPS) is 42.3. The van der Waals surface area contributed by atoms with Gasteiger partial charge in [-0.1, -0.05) is 50.5 Å². The minimum absolute atomic E-state index is 0.790. The van der Waals surface area contributed by atoms with Gasteiger partial charge < -0.3 is 0 Å². The molecule has 3 unspecified atom stereocenters. The van der Waals surface area contributed by atoms with E-state index in [0.29, 0.717) is 0 Å². The Morgan fingerprint density at radius 1 is 0.800 bits per heavy atom. The lowest BCUT2D eigenvalue weighted by molar-refractivity contribution is 0.198. The quantitative estimate of drug-likeness (QED) is 0.529. The van der Waals surface area contributed by atoms with E-state index in [1.165, 1.54) is 57.8 Å². The van der Waals surface area contributed by atoms with Crippen molar-refractivity contribution in [2.24, 2.45) is 29.6 Å². The highest BCUT2D eigenvalue weighted by Gasteiger charge is 2.28. The molecule has 0 spiro atoms. The summed E-state index contributed by atoms with van der Waals surface area (Å²) in [7, 11) is 0. The van der Waals surface area contributed by atoms with Crippen molar-refractivity contribution in [3.8, 4) is 0 Å². The molecule has 3 rings (SSSR count). The Labute approximate surface area is 125 Å². The largest absolute Gasteiger partial charge is 0.0851 e. The smallest absolute Gasteiger partial charge is 0.00230 e. The Morgan fingerprint density at radius 3 is 2.20 bits per heavy atom. The van der Waals surface area contributed by atoms with Crippen LogP contribution in [-0.4, -0.2) is 0 Å². The molecule has 3 aliphatic rings. The first kappa shape index (κ1) is 14.4. The SMILES string of the molecule is CC1C=CC(C2=CCC(C3CCC(C)CC3)CC2)CC1. The summed E-state index contributed by atoms with van der Waals surface area (Å²) in [5.74, 6) is 4.66. The molecule has 0 saturated heterocycles. The van der Waals surface area contributed by atoms with Crippen LogP contribution in [0.3, 0.4) is 0 Å². The zero-order chi connectivity index (χ0) is 13.9. The lowest BCUT2D eigenvalue weighted by atomic mass is 9.70. The average molecular weight is 272 g/mol. The molecule has 0 bridgehead atoms. The maximum atomic E-state index is 2.64. The van der Waals surface area contributed by atoms with Gasteiger partial charge in [-0.3, -0.25) is 0 Å². The van der Waals surface area contributed by atoms with Crippen molar-refractivity contribution in [2.75, 3.05) is 0 Å². The standard InChI is InChI=1S/C20H32/c1-15-3-7-17(8-4-15)19-11-13-20(14-12-19)18-9-5-16(2)6-10-18/h3,7,11,15-18,20H,4-6,8-10,12-14H2,1-2H3. The average Bonchev–Trinajstić information content (AvgIpc) is 2.49. The summed E-state index contributed by atoms with van der Waals surface area (Å²) < 4.78 is 0. The second-order valence-electron chi connectivity index (χ2n) is 7.88. The van der Waals surface area contributed by atoms with Crippen LogP contribution in [0.15, 0.2) is 23.8 Å². The molecule has 0 N–H and O–H groups in total. The molecule has 0 nitrogen and oxygen atoms in total. The third kappa shape index (κ3) is 3.38. The van der Waals surface area contributed by atoms with E-state index in [9.17, 15) is 0 Å². The minimum atomic E-state index is 0.790. The Hall–Kier alpha value is -0.520. The van der Waals surface area contributed by atoms with Crippen LogP contribution < -0.4 is 0 Å². The number of hydrogen-bond donors (Lipinski definition) is 0. The van der Waals surface area contributed by atoms with Gasteiger partial charge in [0.1, 0.15) is 0 Å². The van der Waals surface area contributed by atoms with Gasteiger partial charge in [0, 0.05) is 0 Å². The maximum Gasteiger partial charge on any atom is -0.00230 e. The molecule has 0 aromatic carbocycles. The topological polar surface area (TPSA) is 0 Å². The molecule has 20 heavy (non-hydrogen) atoms. The zero-order valence-electron chi connectivity index (χ0n) is 13.5. The Bertz CT molecular complexity index is 367. The summed E-state index contributed by atoms with van der Waals surface area (Å²) in [6.45, 7) is 4.79. The number of allylic oxidation sites excluding steroid dienone is 4. The molecule has 0 aromatic heterocycles. The van der Waals surface area contributed by atoms with E-state index in [1.54, 1.807) is 5.57 Å². The second kappa shape index (κ2) is 6.50. The fourth-order valence-electron chi connectivity index (χ4n) is 4.66. The van der Waals surface area contributed by atoms with Gasteiger partial charge in [-0.15, -0.1) is 0 Å². The Morgan fingerprint density at radius 2 is 1.60 bits per heavy atom. The lowest BCUT2D eigenvalue weighted by Crippen LogP contribution is -2.23. The monoisotopic (exact) mass is 272 g/mol. The van der Waals surface area contributed by atoms with Crippen molar-refractivity contribution in [1.29, 1.82) is 0 Å². The van der Waals surface area contributed by atoms with Crippen LogP contribution in [0.1, 0.15) is 71.6 Å². The van der Waals surface area contributed by atoms with E-state index >= 15 is 0 Å². The molecular weight excluding hydrogens is 240 g/mol. The summed E-state index contributed by atoms with van der Waals surface area (Å²) in [5.41, 5.74) is 1.77. The first-order valence-electron chi connectivity index (χ1n) is 9.09. The van der Waals surface area contributed by atoms with Gasteiger partial charge in [-0.2, -0.15) is 0 Å². The molecule has 3 atom stereocenters. The highest BCUT2D eigenvalue weighted by Crippen LogP contribution is 2.41. The zero-order valence-corrected chi connectivity index (χ0v) is 13.5. The molecular formula is C20H32. The van der Waals surface area contributed by atoms with Crippen LogP contribution in [0, 0.1) is 29.6 Å². The molecule has 0 heteroatoms. The van der Waals surface area contributed by atoms with E-state index in [0.717, 1.165) is 29.6 Å². The van der Waals surface area contributed by atoms with E-state index in [1.807, 2.05) is 0 Å². The molecule has 0 radical (unpaired) electrons. The third-order valence-corrected chi connectivity index (χ3v) is 6.30. The van der Waals surface area contributed by atoms with E-state index in [4.69, 9.17) is 0 Å². The highest BCUT2D eigenvalue weighted by atomic mass is 14.3. The van der Waals surface area contributed by atoms with Crippen LogP contribution in [0.25, 0.3) is 0 Å². The third-order valence-electron chi connectivity index (χ3n) is 6.30. The van der Waals surface area contributed by atoms with Crippen LogP contribution in [0.5, 0.6) is 0 Å². The molecule has 1 fully saturated rings. The van der Waals surface area contributed by atoms with Crippen molar-refractivity contribution >= 4 is 0 Å². The maximum absolute atomic E-state index is 2.64. The Balaban J connectivity index is 1.54. The summed E-state index contributed by atoms with van der Waals surface area (Å²) in [6.07, 6.45) is 20.6. The molecule has 112 valence electrons. The van der Waals surface area contributed by atoms with Crippen LogP contribution in [0.4, 0.5) is 0 Å². The second-order valence-corrected chi connectivity index (χ2v) is 7.88. The van der Waals surface area contributed by atoms with Crippen LogP contribution in [-0.2, 0) is 0 Å². The van der Waals surface area contributed by atoms with E-state index in [2.05, 4.69) is 32.1 Å². The summed E-state index contributed by atoms with van der Waals surface area (Å²) in [4.78, 5) is 0. The van der Waals surface area contributed by atoms with Crippen molar-refractivity contribution in [3.63, 3.8) is 0 Å². The minimum Gasteiger partial charge on any atom is -0.0851 e. The molecule has 0 heterocycles. The van der Waals surface area contributed by atoms with Gasteiger partial charge in [0.15, 0.2) is 0 Å². The predicted octanol–water partition coefficient (Wildman–Crippen LogP) is 6.14. The van der Waals surface area contributed by atoms with Crippen molar-refractivity contribution in [3.05, 3.63) is 23.8 Å². The molecule has 0 aliphatic heterocycles. The molecule has 0 amide bonds. The van der Waals surface area contributed by atoms with Crippen LogP contribution in [0.2, 0.25) is 0 Å². The van der Waals surface area contributed by atoms with Gasteiger partial charge in [-0.25, -0.2) is 0 Å². The van der Waals surface area contributed by atoms with Crippen molar-refractivity contribution < 1.29 is 0 Å². The van der Waals surface area contributed by atoms with Gasteiger partial charge in [0.25, 0.3) is 0 Å². The summed E-state index contributed by atoms with van der Waals surface area (Å²) in [6, 6.07) is 0. The summed E-state index contributed by atoms with van der Waals surface area (Å²) in [5, 5.41) is 0. The van der Waals surface area contributed by atoms with Gasteiger partial charge in [0.05, 0.1) is 0 Å². The van der Waals surface area contributed by atoms with Gasteiger partial charge in [0.2, 0.25) is 0 Å². The van der Waals surface area contributed by atoms with Gasteiger partial charge in [-0.05, 0) is 74.5 Å². The van der Waals surface area contributed by atoms with Gasteiger partial charge >= 0.3 is 0 Å². The Kier molecular flexibility index (Phi) is 4.68. The molecule has 3 aliphatic carbocycles. The first-order valence-corrected chi connectivity index (χ1v) is 9.09. The van der Waals surface area contributed by atoms with E-state index < -0.39 is 0 Å². The first-order chi connectivity index (χ1) is 9.72. The lowest BCUT2D eigenvalue weighted by Gasteiger charge is -2.36. The molecule has 0 aromatic rings. The highest BCUT2D eigenvalue weighted by molar-refractivity contribution is 5.18. The van der Waals surface area contributed by atoms with Crippen molar-refractivity contribution in [2.45, 2.75) is 71.6 Å². The predicted molar refractivity (Wildman–Crippen MR) is 87.6 cm³/mol. The van der Waals surface area contributed by atoms with Crippen LogP contribution >= 0.6 is 0 Å². The van der Waals surface area contributed by atoms with E-state index in [-0.39, 0.29) is 0 Å². The number of hydrogen-bond acceptors (Lipinski definition) is 0. The number of rotatable bonds is 2. The molecule has 1 saturated carbocycles. The fraction of sp³-hybridized carbons (Fsp3) is 0.800.